The van der Waals surface area contributed by atoms with E-state index in [1.807, 2.05) is 0 Å². The van der Waals surface area contributed by atoms with Gasteiger partial charge in [-0.2, -0.15) is 0 Å². The molecule has 1 fully saturated rings. The van der Waals surface area contributed by atoms with Gasteiger partial charge >= 0.3 is 6.09 Å². The zero-order valence-electron chi connectivity index (χ0n) is 14.0. The van der Waals surface area contributed by atoms with E-state index in [1.165, 1.54) is 12.1 Å². The second-order valence-corrected chi connectivity index (χ2v) is 6.83. The maximum absolute atomic E-state index is 13.2. The van der Waals surface area contributed by atoms with Crippen molar-refractivity contribution in [1.29, 1.82) is 0 Å². The molecule has 0 saturated carbocycles. The predicted molar refractivity (Wildman–Crippen MR) is 87.5 cm³/mol. The van der Waals surface area contributed by atoms with Gasteiger partial charge in [0, 0.05) is 19.1 Å². The normalized spacial score (nSPS) is 18.2. The van der Waals surface area contributed by atoms with Crippen LogP contribution in [0.5, 0.6) is 0 Å². The van der Waals surface area contributed by atoms with Crippen LogP contribution < -0.4 is 5.32 Å². The Labute approximate surface area is 139 Å². The first kappa shape index (κ1) is 18.0. The number of carbonyl (C=O) groups excluding carboxylic acids is 1. The fourth-order valence-corrected chi connectivity index (χ4v) is 2.59. The molecule has 0 unspecified atom stereocenters. The molecule has 1 atom stereocenters. The number of likely N-dealkylation sites (tertiary alicyclic amines) is 1. The summed E-state index contributed by atoms with van der Waals surface area (Å²) < 4.78 is 18.6. The molecule has 24 heavy (non-hydrogen) atoms. The minimum absolute atomic E-state index is 0.157. The van der Waals surface area contributed by atoms with Crippen molar-refractivity contribution in [1.82, 2.24) is 4.90 Å². The molecule has 0 aromatic heterocycles. The Morgan fingerprint density at radius 2 is 2.17 bits per heavy atom. The van der Waals surface area contributed by atoms with Crippen molar-refractivity contribution in [3.05, 3.63) is 34.1 Å². The molecule has 1 N–H and O–H groups in total. The maximum atomic E-state index is 13.2. The van der Waals surface area contributed by atoms with Crippen LogP contribution in [0.3, 0.4) is 0 Å². The van der Waals surface area contributed by atoms with Gasteiger partial charge in [0.2, 0.25) is 0 Å². The SMILES string of the molecule is CC(C)(C)OC(=O)N1CCC[C@H](Nc2ccc(F)cc2[N+](=O)[O-])C1. The number of piperidine rings is 1. The third-order valence-electron chi connectivity index (χ3n) is 3.59. The van der Waals surface area contributed by atoms with Gasteiger partial charge in [0.1, 0.15) is 17.1 Å². The summed E-state index contributed by atoms with van der Waals surface area (Å²) in [5.74, 6) is -0.661. The van der Waals surface area contributed by atoms with Gasteiger partial charge in [0.15, 0.2) is 0 Å². The fourth-order valence-electron chi connectivity index (χ4n) is 2.59. The molecule has 1 saturated heterocycles. The number of rotatable bonds is 3. The number of nitro benzene ring substituents is 1. The topological polar surface area (TPSA) is 84.7 Å². The van der Waals surface area contributed by atoms with Crippen molar-refractivity contribution in [2.75, 3.05) is 18.4 Å². The van der Waals surface area contributed by atoms with Crippen LogP contribution in [0, 0.1) is 15.9 Å². The van der Waals surface area contributed by atoms with E-state index in [0.717, 1.165) is 18.9 Å². The van der Waals surface area contributed by atoms with Gasteiger partial charge in [-0.3, -0.25) is 10.1 Å². The lowest BCUT2D eigenvalue weighted by molar-refractivity contribution is -0.384. The molecule has 0 spiro atoms. The number of halogens is 1. The quantitative estimate of drug-likeness (QED) is 0.672. The van der Waals surface area contributed by atoms with Gasteiger partial charge in [0.05, 0.1) is 11.0 Å². The van der Waals surface area contributed by atoms with Crippen LogP contribution in [0.1, 0.15) is 33.6 Å². The van der Waals surface area contributed by atoms with Gasteiger partial charge in [-0.1, -0.05) is 0 Å². The summed E-state index contributed by atoms with van der Waals surface area (Å²) in [5.41, 5.74) is -0.644. The zero-order chi connectivity index (χ0) is 17.9. The van der Waals surface area contributed by atoms with E-state index >= 15 is 0 Å². The Bertz CT molecular complexity index is 630. The highest BCUT2D eigenvalue weighted by atomic mass is 19.1. The summed E-state index contributed by atoms with van der Waals surface area (Å²) in [6, 6.07) is 3.25. The molecule has 132 valence electrons. The third-order valence-corrected chi connectivity index (χ3v) is 3.59. The van der Waals surface area contributed by atoms with Crippen LogP contribution in [-0.4, -0.2) is 40.6 Å². The van der Waals surface area contributed by atoms with Crippen molar-refractivity contribution < 1.29 is 18.8 Å². The molecule has 1 aliphatic heterocycles. The summed E-state index contributed by atoms with van der Waals surface area (Å²) in [6.07, 6.45) is 1.11. The molecule has 7 nitrogen and oxygen atoms in total. The second-order valence-electron chi connectivity index (χ2n) is 6.83. The molecule has 1 aliphatic rings. The summed E-state index contributed by atoms with van der Waals surface area (Å²) in [5, 5.41) is 14.1. The van der Waals surface area contributed by atoms with E-state index in [-0.39, 0.29) is 17.4 Å². The zero-order valence-corrected chi connectivity index (χ0v) is 14.0. The van der Waals surface area contributed by atoms with Crippen molar-refractivity contribution in [2.24, 2.45) is 0 Å². The standard InChI is InChI=1S/C16H22FN3O4/c1-16(2,3)24-15(21)19-8-4-5-12(10-19)18-13-7-6-11(17)9-14(13)20(22)23/h6-7,9,12,18H,4-5,8,10H2,1-3H3/t12-/m0/s1. The highest BCUT2D eigenvalue weighted by molar-refractivity contribution is 5.68. The molecule has 1 aromatic rings. The lowest BCUT2D eigenvalue weighted by atomic mass is 10.1. The summed E-state index contributed by atoms with van der Waals surface area (Å²) >= 11 is 0. The van der Waals surface area contributed by atoms with Crippen LogP contribution in [0.4, 0.5) is 20.6 Å². The summed E-state index contributed by atoms with van der Waals surface area (Å²) in [4.78, 5) is 24.2. The first-order valence-electron chi connectivity index (χ1n) is 7.84. The Kier molecular flexibility index (Phi) is 5.26. The number of anilines is 1. The molecule has 0 aliphatic carbocycles. The average Bonchev–Trinajstić information content (AvgIpc) is 2.47. The maximum Gasteiger partial charge on any atom is 0.410 e. The third kappa shape index (κ3) is 4.81. The molecular weight excluding hydrogens is 317 g/mol. The van der Waals surface area contributed by atoms with Crippen LogP contribution in [0.2, 0.25) is 0 Å². The first-order valence-corrected chi connectivity index (χ1v) is 7.84. The Morgan fingerprint density at radius 3 is 2.79 bits per heavy atom. The fraction of sp³-hybridized carbons (Fsp3) is 0.562. The second kappa shape index (κ2) is 7.02. The highest BCUT2D eigenvalue weighted by Crippen LogP contribution is 2.27. The van der Waals surface area contributed by atoms with Gasteiger partial charge < -0.3 is 15.0 Å². The number of benzene rings is 1. The van der Waals surface area contributed by atoms with Crippen molar-refractivity contribution in [3.63, 3.8) is 0 Å². The van der Waals surface area contributed by atoms with Crippen LogP contribution in [0.15, 0.2) is 18.2 Å². The average molecular weight is 339 g/mol. The number of nitrogens with zero attached hydrogens (tertiary/aromatic N) is 2. The molecule has 1 heterocycles. The molecule has 2 rings (SSSR count). The van der Waals surface area contributed by atoms with E-state index in [4.69, 9.17) is 4.74 Å². The van der Waals surface area contributed by atoms with E-state index in [1.54, 1.807) is 25.7 Å². The number of nitrogens with one attached hydrogen (secondary N) is 1. The van der Waals surface area contributed by atoms with Crippen molar-refractivity contribution >= 4 is 17.5 Å². The minimum atomic E-state index is -0.661. The van der Waals surface area contributed by atoms with Crippen molar-refractivity contribution in [3.8, 4) is 0 Å². The van der Waals surface area contributed by atoms with Gasteiger partial charge in [-0.25, -0.2) is 9.18 Å². The molecule has 0 radical (unpaired) electrons. The molecule has 1 aromatic carbocycles. The first-order chi connectivity index (χ1) is 11.2. The lowest BCUT2D eigenvalue weighted by Crippen LogP contribution is -2.47. The largest absolute Gasteiger partial charge is 0.444 e. The number of hydrogen-bond acceptors (Lipinski definition) is 5. The van der Waals surface area contributed by atoms with E-state index in [2.05, 4.69) is 5.32 Å². The van der Waals surface area contributed by atoms with Crippen LogP contribution in [-0.2, 0) is 4.74 Å². The Hall–Kier alpha value is -2.38. The van der Waals surface area contributed by atoms with Crippen LogP contribution >= 0.6 is 0 Å². The molecule has 8 heteroatoms. The molecule has 1 amide bonds. The number of nitro groups is 1. The summed E-state index contributed by atoms with van der Waals surface area (Å²) in [6.45, 7) is 6.35. The summed E-state index contributed by atoms with van der Waals surface area (Å²) in [7, 11) is 0. The highest BCUT2D eigenvalue weighted by Gasteiger charge is 2.28. The van der Waals surface area contributed by atoms with Gasteiger partial charge in [0.25, 0.3) is 5.69 Å². The predicted octanol–water partition coefficient (Wildman–Crippen LogP) is 3.55. The van der Waals surface area contributed by atoms with Gasteiger partial charge in [-0.05, 0) is 45.7 Å². The monoisotopic (exact) mass is 339 g/mol. The van der Waals surface area contributed by atoms with E-state index in [0.29, 0.717) is 13.1 Å². The Morgan fingerprint density at radius 1 is 1.46 bits per heavy atom. The van der Waals surface area contributed by atoms with E-state index in [9.17, 15) is 19.3 Å². The van der Waals surface area contributed by atoms with Gasteiger partial charge in [-0.15, -0.1) is 0 Å². The Balaban J connectivity index is 2.06. The van der Waals surface area contributed by atoms with Crippen LogP contribution in [0.25, 0.3) is 0 Å². The lowest BCUT2D eigenvalue weighted by Gasteiger charge is -2.34. The van der Waals surface area contributed by atoms with E-state index < -0.39 is 22.4 Å². The number of carbonyl (C=O) groups is 1. The number of amides is 1. The minimum Gasteiger partial charge on any atom is -0.444 e. The number of ether oxygens (including phenoxy) is 1. The molecular formula is C16H22FN3O4. The van der Waals surface area contributed by atoms with Crippen molar-refractivity contribution in [2.45, 2.75) is 45.3 Å². The smallest absolute Gasteiger partial charge is 0.410 e. The molecule has 0 bridgehead atoms. The number of hydrogen-bond donors (Lipinski definition) is 1.